The van der Waals surface area contributed by atoms with Crippen LogP contribution in [-0.2, 0) is 24.5 Å². The summed E-state index contributed by atoms with van der Waals surface area (Å²) in [6.45, 7) is 9.03. The normalized spacial score (nSPS) is 12.1. The monoisotopic (exact) mass is 405 g/mol. The Morgan fingerprint density at radius 1 is 1.00 bits per heavy atom. The van der Waals surface area contributed by atoms with E-state index in [0.717, 1.165) is 5.56 Å². The van der Waals surface area contributed by atoms with Crippen molar-refractivity contribution in [1.29, 1.82) is 0 Å². The number of carbonyl (C=O) groups excluding carboxylic acids is 4. The number of likely N-dealkylation sites (N-methyl/N-ethyl adjacent to an activating group) is 1. The Hall–Kier alpha value is -2.90. The molecule has 29 heavy (non-hydrogen) atoms. The van der Waals surface area contributed by atoms with Gasteiger partial charge in [-0.25, -0.2) is 4.79 Å². The number of carbonyl (C=O) groups is 4. The quantitative estimate of drug-likeness (QED) is 0.562. The van der Waals surface area contributed by atoms with Crippen LogP contribution in [0.25, 0.3) is 0 Å². The minimum absolute atomic E-state index is 0.0301. The second-order valence-electron chi connectivity index (χ2n) is 8.08. The first kappa shape index (κ1) is 24.1. The fourth-order valence-corrected chi connectivity index (χ4v) is 2.39. The van der Waals surface area contributed by atoms with Crippen molar-refractivity contribution in [2.75, 3.05) is 20.2 Å². The zero-order chi connectivity index (χ0) is 22.2. The van der Waals surface area contributed by atoms with Crippen LogP contribution in [0.15, 0.2) is 24.3 Å². The first-order valence-corrected chi connectivity index (χ1v) is 9.51. The van der Waals surface area contributed by atoms with Gasteiger partial charge in [-0.3, -0.25) is 14.4 Å². The number of amides is 3. The molecule has 0 aliphatic carbocycles. The van der Waals surface area contributed by atoms with Gasteiger partial charge in [-0.15, -0.1) is 0 Å². The van der Waals surface area contributed by atoms with Gasteiger partial charge in [-0.05, 0) is 29.0 Å². The number of esters is 1. The Morgan fingerprint density at radius 2 is 1.59 bits per heavy atom. The number of ether oxygens (including phenoxy) is 1. The fraction of sp³-hybridized carbons (Fsp3) is 0.524. The molecule has 3 amide bonds. The van der Waals surface area contributed by atoms with Gasteiger partial charge < -0.3 is 20.7 Å². The SMILES string of the molecule is CNC(=O)CNC(=O)COC(=O)[C@@H](NC(=O)c1ccc(C(C)(C)C)cc1)C(C)C. The van der Waals surface area contributed by atoms with Gasteiger partial charge in [-0.1, -0.05) is 46.8 Å². The van der Waals surface area contributed by atoms with Gasteiger partial charge >= 0.3 is 5.97 Å². The summed E-state index contributed by atoms with van der Waals surface area (Å²) in [6.07, 6.45) is 0. The highest BCUT2D eigenvalue weighted by molar-refractivity contribution is 5.97. The molecule has 8 nitrogen and oxygen atoms in total. The predicted octanol–water partition coefficient (Wildman–Crippen LogP) is 1.14. The third-order valence-corrected chi connectivity index (χ3v) is 4.29. The van der Waals surface area contributed by atoms with Crippen molar-refractivity contribution in [3.63, 3.8) is 0 Å². The van der Waals surface area contributed by atoms with E-state index in [9.17, 15) is 19.2 Å². The van der Waals surface area contributed by atoms with Gasteiger partial charge in [0.05, 0.1) is 6.54 Å². The van der Waals surface area contributed by atoms with Crippen LogP contribution < -0.4 is 16.0 Å². The highest BCUT2D eigenvalue weighted by Crippen LogP contribution is 2.22. The van der Waals surface area contributed by atoms with Crippen LogP contribution in [0.1, 0.15) is 50.5 Å². The summed E-state index contributed by atoms with van der Waals surface area (Å²) in [5.74, 6) is -2.32. The lowest BCUT2D eigenvalue weighted by atomic mass is 9.86. The summed E-state index contributed by atoms with van der Waals surface area (Å²) < 4.78 is 5.00. The zero-order valence-electron chi connectivity index (χ0n) is 17.9. The van der Waals surface area contributed by atoms with E-state index in [1.54, 1.807) is 26.0 Å². The molecule has 8 heteroatoms. The molecule has 0 aromatic heterocycles. The van der Waals surface area contributed by atoms with E-state index in [4.69, 9.17) is 4.74 Å². The summed E-state index contributed by atoms with van der Waals surface area (Å²) in [5.41, 5.74) is 1.49. The second-order valence-corrected chi connectivity index (χ2v) is 8.08. The molecule has 160 valence electrons. The average molecular weight is 405 g/mol. The van der Waals surface area contributed by atoms with Crippen LogP contribution in [0.5, 0.6) is 0 Å². The Labute approximate surface area is 171 Å². The molecule has 1 aromatic carbocycles. The number of hydrogen-bond acceptors (Lipinski definition) is 5. The molecule has 0 saturated heterocycles. The largest absolute Gasteiger partial charge is 0.454 e. The molecule has 1 atom stereocenters. The maximum absolute atomic E-state index is 12.5. The molecule has 0 saturated carbocycles. The maximum Gasteiger partial charge on any atom is 0.329 e. The molecule has 3 N–H and O–H groups in total. The van der Waals surface area contributed by atoms with E-state index < -0.39 is 30.4 Å². The lowest BCUT2D eigenvalue weighted by molar-refractivity contribution is -0.151. The van der Waals surface area contributed by atoms with Crippen molar-refractivity contribution in [2.24, 2.45) is 5.92 Å². The fourth-order valence-electron chi connectivity index (χ4n) is 2.39. The van der Waals surface area contributed by atoms with Crippen molar-refractivity contribution < 1.29 is 23.9 Å². The van der Waals surface area contributed by atoms with E-state index in [0.29, 0.717) is 5.56 Å². The highest BCUT2D eigenvalue weighted by atomic mass is 16.5. The minimum Gasteiger partial charge on any atom is -0.454 e. The summed E-state index contributed by atoms with van der Waals surface area (Å²) in [6, 6.07) is 6.29. The van der Waals surface area contributed by atoms with Gasteiger partial charge in [0.2, 0.25) is 5.91 Å². The van der Waals surface area contributed by atoms with Crippen molar-refractivity contribution in [2.45, 2.75) is 46.1 Å². The summed E-state index contributed by atoms with van der Waals surface area (Å²) >= 11 is 0. The Kier molecular flexibility index (Phi) is 8.82. The lowest BCUT2D eigenvalue weighted by Gasteiger charge is -2.22. The third-order valence-electron chi connectivity index (χ3n) is 4.29. The molecule has 0 heterocycles. The minimum atomic E-state index is -0.906. The number of nitrogens with one attached hydrogen (secondary N) is 3. The second kappa shape index (κ2) is 10.6. The topological polar surface area (TPSA) is 114 Å². The Balaban J connectivity index is 2.67. The van der Waals surface area contributed by atoms with Crippen molar-refractivity contribution in [3.05, 3.63) is 35.4 Å². The number of benzene rings is 1. The van der Waals surface area contributed by atoms with E-state index >= 15 is 0 Å². The molecule has 0 aliphatic heterocycles. The van der Waals surface area contributed by atoms with Crippen LogP contribution in [0, 0.1) is 5.92 Å². The van der Waals surface area contributed by atoms with E-state index in [1.165, 1.54) is 7.05 Å². The maximum atomic E-state index is 12.5. The molecule has 0 unspecified atom stereocenters. The summed E-state index contributed by atoms with van der Waals surface area (Å²) in [7, 11) is 1.45. The van der Waals surface area contributed by atoms with E-state index in [-0.39, 0.29) is 23.8 Å². The van der Waals surface area contributed by atoms with Crippen LogP contribution in [0.2, 0.25) is 0 Å². The van der Waals surface area contributed by atoms with Crippen LogP contribution in [0.3, 0.4) is 0 Å². The van der Waals surface area contributed by atoms with Crippen LogP contribution in [0.4, 0.5) is 0 Å². The smallest absolute Gasteiger partial charge is 0.329 e. The number of rotatable bonds is 8. The van der Waals surface area contributed by atoms with Crippen molar-refractivity contribution >= 4 is 23.7 Å². The van der Waals surface area contributed by atoms with Crippen LogP contribution in [-0.4, -0.2) is 49.9 Å². The standard InChI is InChI=1S/C21H31N3O5/c1-13(2)18(20(28)29-12-17(26)23-11-16(25)22-6)24-19(27)14-7-9-15(10-8-14)21(3,4)5/h7-10,13,18H,11-12H2,1-6H3,(H,22,25)(H,23,26)(H,24,27)/t18-/m0/s1. The van der Waals surface area contributed by atoms with Gasteiger partial charge in [0, 0.05) is 12.6 Å². The molecular formula is C21H31N3O5. The van der Waals surface area contributed by atoms with Crippen molar-refractivity contribution in [1.82, 2.24) is 16.0 Å². The number of hydrogen-bond donors (Lipinski definition) is 3. The van der Waals surface area contributed by atoms with E-state index in [1.807, 2.05) is 12.1 Å². The molecule has 0 radical (unpaired) electrons. The molecule has 1 aromatic rings. The first-order valence-electron chi connectivity index (χ1n) is 9.51. The molecular weight excluding hydrogens is 374 g/mol. The average Bonchev–Trinajstić information content (AvgIpc) is 2.67. The molecule has 0 spiro atoms. The highest BCUT2D eigenvalue weighted by Gasteiger charge is 2.27. The molecule has 0 aliphatic rings. The Morgan fingerprint density at radius 3 is 2.07 bits per heavy atom. The predicted molar refractivity (Wildman–Crippen MR) is 109 cm³/mol. The zero-order valence-corrected chi connectivity index (χ0v) is 17.9. The molecule has 1 rings (SSSR count). The summed E-state index contributed by atoms with van der Waals surface area (Å²) in [4.78, 5) is 47.6. The first-order chi connectivity index (χ1) is 13.5. The van der Waals surface area contributed by atoms with Gasteiger partial charge in [0.25, 0.3) is 11.8 Å². The summed E-state index contributed by atoms with van der Waals surface area (Å²) in [5, 5.41) is 7.35. The Bertz CT molecular complexity index is 736. The van der Waals surface area contributed by atoms with Crippen LogP contribution >= 0.6 is 0 Å². The molecule has 0 fully saturated rings. The van der Waals surface area contributed by atoms with Gasteiger partial charge in [0.1, 0.15) is 6.04 Å². The van der Waals surface area contributed by atoms with Gasteiger partial charge in [-0.2, -0.15) is 0 Å². The van der Waals surface area contributed by atoms with Gasteiger partial charge in [0.15, 0.2) is 6.61 Å². The van der Waals surface area contributed by atoms with E-state index in [2.05, 4.69) is 36.7 Å². The lowest BCUT2D eigenvalue weighted by Crippen LogP contribution is -2.46. The third kappa shape index (κ3) is 7.93. The molecule has 0 bridgehead atoms. The van der Waals surface area contributed by atoms with Crippen molar-refractivity contribution in [3.8, 4) is 0 Å².